The van der Waals surface area contributed by atoms with E-state index in [4.69, 9.17) is 4.74 Å². The van der Waals surface area contributed by atoms with Crippen molar-refractivity contribution in [2.75, 3.05) is 0 Å². The number of sulfonamides is 2. The molecular formula is C32H28N2O6S2. The van der Waals surface area contributed by atoms with Crippen LogP contribution in [0.15, 0.2) is 119 Å². The summed E-state index contributed by atoms with van der Waals surface area (Å²) in [5.41, 5.74) is 3.06. The maximum atomic E-state index is 14.5. The lowest BCUT2D eigenvalue weighted by Crippen LogP contribution is -2.57. The van der Waals surface area contributed by atoms with Gasteiger partial charge >= 0.3 is 0 Å². The maximum Gasteiger partial charge on any atom is 0.265 e. The summed E-state index contributed by atoms with van der Waals surface area (Å²) >= 11 is 0. The number of benzene rings is 4. The second-order valence-electron chi connectivity index (χ2n) is 10.3. The molecule has 10 heteroatoms. The van der Waals surface area contributed by atoms with Crippen molar-refractivity contribution in [3.05, 3.63) is 132 Å². The van der Waals surface area contributed by atoms with E-state index >= 15 is 0 Å². The Labute approximate surface area is 245 Å². The van der Waals surface area contributed by atoms with Gasteiger partial charge in [0.1, 0.15) is 11.9 Å². The number of rotatable bonds is 5. The maximum absolute atomic E-state index is 14.5. The molecule has 8 nitrogen and oxygen atoms in total. The minimum Gasteiger partial charge on any atom is -0.466 e. The monoisotopic (exact) mass is 600 g/mol. The van der Waals surface area contributed by atoms with Gasteiger partial charge in [-0.1, -0.05) is 83.9 Å². The fraction of sp³-hybridized carbons (Fsp3) is 0.156. The summed E-state index contributed by atoms with van der Waals surface area (Å²) in [4.78, 5) is 13.8. The van der Waals surface area contributed by atoms with Gasteiger partial charge in [0.15, 0.2) is 5.78 Å². The molecule has 0 fully saturated rings. The molecule has 0 unspecified atom stereocenters. The molecule has 0 saturated carbocycles. The molecular weight excluding hydrogens is 572 g/mol. The SMILES string of the molecule is Cc1ccc(S(=O)(=O)N2/C=C(/c3ccccc3)CC(=O)[C@H]3Oc4ccccc4[C@@H]2N3S(=O)(=O)c2ccc(C)cc2)cc1. The number of nitrogens with zero attached hydrogens (tertiary/aromatic N) is 2. The topological polar surface area (TPSA) is 101 Å². The molecule has 6 rings (SSSR count). The van der Waals surface area contributed by atoms with Crippen molar-refractivity contribution in [1.29, 1.82) is 0 Å². The van der Waals surface area contributed by atoms with Crippen molar-refractivity contribution in [3.8, 4) is 5.75 Å². The fourth-order valence-corrected chi connectivity index (χ4v) is 8.33. The van der Waals surface area contributed by atoms with Crippen molar-refractivity contribution in [1.82, 2.24) is 8.61 Å². The molecule has 2 aliphatic heterocycles. The Morgan fingerprint density at radius 1 is 0.690 bits per heavy atom. The van der Waals surface area contributed by atoms with Gasteiger partial charge < -0.3 is 4.74 Å². The molecule has 2 heterocycles. The van der Waals surface area contributed by atoms with Crippen LogP contribution in [0.2, 0.25) is 0 Å². The first-order valence-electron chi connectivity index (χ1n) is 13.3. The van der Waals surface area contributed by atoms with Crippen LogP contribution >= 0.6 is 0 Å². The van der Waals surface area contributed by atoms with E-state index in [-0.39, 0.29) is 22.0 Å². The summed E-state index contributed by atoms with van der Waals surface area (Å²) in [6.45, 7) is 3.68. The van der Waals surface area contributed by atoms with Gasteiger partial charge in [-0.15, -0.1) is 4.31 Å². The average molecular weight is 601 g/mol. The third kappa shape index (κ3) is 4.81. The van der Waals surface area contributed by atoms with Crippen LogP contribution in [-0.4, -0.2) is 37.5 Å². The highest BCUT2D eigenvalue weighted by molar-refractivity contribution is 7.90. The van der Waals surface area contributed by atoms with E-state index in [0.29, 0.717) is 16.7 Å². The van der Waals surface area contributed by atoms with Crippen LogP contribution in [0.3, 0.4) is 0 Å². The third-order valence-corrected chi connectivity index (χ3v) is 11.0. The first-order chi connectivity index (χ1) is 20.1. The quantitative estimate of drug-likeness (QED) is 0.303. The number of para-hydroxylation sites is 1. The van der Waals surface area contributed by atoms with Crippen LogP contribution in [0.1, 0.15) is 34.8 Å². The van der Waals surface area contributed by atoms with E-state index in [1.165, 1.54) is 30.5 Å². The summed E-state index contributed by atoms with van der Waals surface area (Å²) in [5, 5.41) is 0. The van der Waals surface area contributed by atoms with Crippen LogP contribution in [0.5, 0.6) is 5.75 Å². The van der Waals surface area contributed by atoms with Crippen molar-refractivity contribution < 1.29 is 26.4 Å². The number of Topliss-reactive ketones (excluding diaryl/α,β-unsaturated/α-hetero) is 1. The van der Waals surface area contributed by atoms with E-state index in [9.17, 15) is 21.6 Å². The number of hydrogen-bond donors (Lipinski definition) is 0. The Morgan fingerprint density at radius 3 is 1.86 bits per heavy atom. The second kappa shape index (κ2) is 10.5. The highest BCUT2D eigenvalue weighted by Gasteiger charge is 2.52. The molecule has 4 aromatic carbocycles. The van der Waals surface area contributed by atoms with Crippen LogP contribution in [0.4, 0.5) is 0 Å². The lowest BCUT2D eigenvalue weighted by atomic mass is 9.98. The molecule has 0 saturated heterocycles. The number of allylic oxidation sites excluding steroid dienone is 1. The Balaban J connectivity index is 1.67. The van der Waals surface area contributed by atoms with E-state index in [1.807, 2.05) is 19.9 Å². The van der Waals surface area contributed by atoms with Crippen molar-refractivity contribution in [2.45, 2.75) is 42.5 Å². The van der Waals surface area contributed by atoms with Crippen LogP contribution in [0.25, 0.3) is 5.57 Å². The molecule has 0 radical (unpaired) electrons. The number of carbonyl (C=O) groups excluding carboxylic acids is 1. The molecule has 4 aromatic rings. The fourth-order valence-electron chi connectivity index (χ4n) is 5.19. The van der Waals surface area contributed by atoms with Gasteiger partial charge in [0, 0.05) is 18.2 Å². The molecule has 2 atom stereocenters. The normalized spacial score (nSPS) is 20.5. The number of hydrogen-bond acceptors (Lipinski definition) is 6. The van der Waals surface area contributed by atoms with E-state index in [1.54, 1.807) is 72.8 Å². The van der Waals surface area contributed by atoms with Gasteiger partial charge in [0.2, 0.25) is 16.3 Å². The van der Waals surface area contributed by atoms with Gasteiger partial charge in [-0.2, -0.15) is 0 Å². The molecule has 0 amide bonds. The largest absolute Gasteiger partial charge is 0.466 e. The van der Waals surface area contributed by atoms with Crippen molar-refractivity contribution in [2.24, 2.45) is 0 Å². The highest BCUT2D eigenvalue weighted by atomic mass is 32.2. The van der Waals surface area contributed by atoms with Gasteiger partial charge in [-0.05, 0) is 55.3 Å². The zero-order valence-corrected chi connectivity index (χ0v) is 24.5. The minimum absolute atomic E-state index is 0.0168. The number of ether oxygens (including phenoxy) is 1. The smallest absolute Gasteiger partial charge is 0.265 e. The zero-order chi connectivity index (χ0) is 29.6. The number of fused-ring (bicyclic) bond motifs is 4. The molecule has 0 N–H and O–H groups in total. The van der Waals surface area contributed by atoms with Gasteiger partial charge in [0.05, 0.1) is 9.79 Å². The standard InChI is InChI=1S/C32H28N2O6S2/c1-22-12-16-26(17-13-22)41(36,37)33-21-25(24-8-4-3-5-9-24)20-29(35)32-34(31(33)28-10-6-7-11-30(28)40-32)42(38,39)27-18-14-23(2)15-19-27/h3-19,21,31-32H,20H2,1-2H3/b25-21+/t31-,32+/m0/s1. The molecule has 0 aliphatic carbocycles. The number of aryl methyl sites for hydroxylation is 2. The number of ketones is 1. The second-order valence-corrected chi connectivity index (χ2v) is 14.0. The van der Waals surface area contributed by atoms with Crippen molar-refractivity contribution in [3.63, 3.8) is 0 Å². The molecule has 2 aliphatic rings. The predicted octanol–water partition coefficient (Wildman–Crippen LogP) is 5.42. The summed E-state index contributed by atoms with van der Waals surface area (Å²) < 4.78 is 65.9. The Kier molecular flexibility index (Phi) is 7.00. The van der Waals surface area contributed by atoms with Crippen LogP contribution in [0, 0.1) is 13.8 Å². The lowest BCUT2D eigenvalue weighted by Gasteiger charge is -2.46. The summed E-state index contributed by atoms with van der Waals surface area (Å²) in [5.74, 6) is -0.287. The van der Waals surface area contributed by atoms with Crippen LogP contribution in [-0.2, 0) is 24.8 Å². The summed E-state index contributed by atoms with van der Waals surface area (Å²) in [6.07, 6.45) is -1.94. The Morgan fingerprint density at radius 2 is 1.24 bits per heavy atom. The molecule has 214 valence electrons. The lowest BCUT2D eigenvalue weighted by molar-refractivity contribution is -0.134. The Bertz CT molecular complexity index is 1900. The molecule has 2 bridgehead atoms. The Hall–Kier alpha value is -4.25. The van der Waals surface area contributed by atoms with Gasteiger partial charge in [-0.3, -0.25) is 9.10 Å². The molecule has 0 aromatic heterocycles. The van der Waals surface area contributed by atoms with Gasteiger partial charge in [0.25, 0.3) is 10.0 Å². The van der Waals surface area contributed by atoms with Crippen LogP contribution < -0.4 is 4.74 Å². The predicted molar refractivity (Wildman–Crippen MR) is 158 cm³/mol. The number of carbonyl (C=O) groups is 1. The highest BCUT2D eigenvalue weighted by Crippen LogP contribution is 2.46. The van der Waals surface area contributed by atoms with E-state index in [0.717, 1.165) is 19.7 Å². The first kappa shape index (κ1) is 27.9. The summed E-state index contributed by atoms with van der Waals surface area (Å²) in [6, 6.07) is 28.1. The van der Waals surface area contributed by atoms with Gasteiger partial charge in [-0.25, -0.2) is 16.8 Å². The van der Waals surface area contributed by atoms with E-state index in [2.05, 4.69) is 0 Å². The molecule has 0 spiro atoms. The van der Waals surface area contributed by atoms with Crippen molar-refractivity contribution >= 4 is 31.4 Å². The minimum atomic E-state index is -4.47. The first-order valence-corrected chi connectivity index (χ1v) is 16.2. The molecule has 42 heavy (non-hydrogen) atoms. The average Bonchev–Trinajstić information content (AvgIpc) is 2.98. The third-order valence-electron chi connectivity index (χ3n) is 7.41. The zero-order valence-electron chi connectivity index (χ0n) is 22.9. The summed E-state index contributed by atoms with van der Waals surface area (Å²) in [7, 11) is -8.83. The van der Waals surface area contributed by atoms with E-state index < -0.39 is 38.2 Å².